The van der Waals surface area contributed by atoms with Gasteiger partial charge in [-0.3, -0.25) is 9.48 Å². The highest BCUT2D eigenvalue weighted by Crippen LogP contribution is 2.20. The second kappa shape index (κ2) is 5.69. The van der Waals surface area contributed by atoms with Gasteiger partial charge in [0.05, 0.1) is 12.2 Å². The van der Waals surface area contributed by atoms with Crippen molar-refractivity contribution >= 4 is 5.78 Å². The number of Topliss-reactive ketones (excluding diaryl/α,β-unsaturated/α-hetero) is 1. The van der Waals surface area contributed by atoms with Crippen LogP contribution in [0.25, 0.3) is 0 Å². The van der Waals surface area contributed by atoms with Gasteiger partial charge in [0.25, 0.3) is 0 Å². The van der Waals surface area contributed by atoms with E-state index in [1.807, 2.05) is 42.9 Å². The molecular weight excluding hydrogens is 240 g/mol. The molecule has 100 valence electrons. The van der Waals surface area contributed by atoms with Gasteiger partial charge in [0, 0.05) is 25.4 Å². The molecule has 1 aromatic carbocycles. The highest BCUT2D eigenvalue weighted by Gasteiger charge is 2.09. The van der Waals surface area contributed by atoms with Crippen LogP contribution in [0.3, 0.4) is 0 Å². The van der Waals surface area contributed by atoms with E-state index < -0.39 is 0 Å². The Morgan fingerprint density at radius 1 is 1.37 bits per heavy atom. The predicted octanol–water partition coefficient (Wildman–Crippen LogP) is 2.55. The van der Waals surface area contributed by atoms with Gasteiger partial charge in [-0.05, 0) is 32.0 Å². The lowest BCUT2D eigenvalue weighted by Gasteiger charge is -2.10. The second-order valence-corrected chi connectivity index (χ2v) is 4.60. The summed E-state index contributed by atoms with van der Waals surface area (Å²) in [5, 5.41) is 4.11. The van der Waals surface area contributed by atoms with Crippen molar-refractivity contribution in [1.29, 1.82) is 0 Å². The largest absolute Gasteiger partial charge is 0.492 e. The van der Waals surface area contributed by atoms with Crippen LogP contribution in [-0.4, -0.2) is 22.2 Å². The minimum absolute atomic E-state index is 0.0271. The van der Waals surface area contributed by atoms with E-state index in [0.29, 0.717) is 17.9 Å². The smallest absolute Gasteiger partial charge is 0.163 e. The average Bonchev–Trinajstić information content (AvgIpc) is 2.77. The topological polar surface area (TPSA) is 44.1 Å². The van der Waals surface area contributed by atoms with Crippen molar-refractivity contribution in [3.05, 3.63) is 47.3 Å². The molecule has 0 radical (unpaired) electrons. The lowest BCUT2D eigenvalue weighted by Crippen LogP contribution is -2.08. The maximum atomic E-state index is 11.6. The molecule has 0 bridgehead atoms. The van der Waals surface area contributed by atoms with Crippen LogP contribution in [0.5, 0.6) is 5.75 Å². The molecule has 0 saturated heterocycles. The summed E-state index contributed by atoms with van der Waals surface area (Å²) < 4.78 is 7.54. The Morgan fingerprint density at radius 2 is 2.16 bits per heavy atom. The zero-order valence-corrected chi connectivity index (χ0v) is 11.5. The monoisotopic (exact) mass is 258 g/mol. The number of ketones is 1. The van der Waals surface area contributed by atoms with Crippen LogP contribution in [0, 0.1) is 6.92 Å². The molecule has 0 spiro atoms. The highest BCUT2D eigenvalue weighted by molar-refractivity contribution is 5.97. The predicted molar refractivity (Wildman–Crippen MR) is 73.6 cm³/mol. The number of aryl methyl sites for hydroxylation is 2. The van der Waals surface area contributed by atoms with Crippen LogP contribution in [0.15, 0.2) is 30.5 Å². The van der Waals surface area contributed by atoms with Crippen LogP contribution in [0.2, 0.25) is 0 Å². The van der Waals surface area contributed by atoms with Crippen molar-refractivity contribution in [2.24, 2.45) is 7.05 Å². The first-order valence-corrected chi connectivity index (χ1v) is 6.29. The number of hydrogen-bond acceptors (Lipinski definition) is 3. The normalized spacial score (nSPS) is 10.5. The van der Waals surface area contributed by atoms with Crippen LogP contribution in [-0.2, 0) is 13.5 Å². The lowest BCUT2D eigenvalue weighted by atomic mass is 10.1. The van der Waals surface area contributed by atoms with Crippen molar-refractivity contribution in [2.75, 3.05) is 6.61 Å². The van der Waals surface area contributed by atoms with E-state index in [4.69, 9.17) is 4.74 Å². The van der Waals surface area contributed by atoms with Crippen molar-refractivity contribution in [3.8, 4) is 5.75 Å². The van der Waals surface area contributed by atoms with Crippen LogP contribution < -0.4 is 4.74 Å². The molecule has 0 aliphatic rings. The SMILES string of the molecule is CC(=O)c1cc(C)ccc1OCCc1ccnn1C. The third kappa shape index (κ3) is 3.22. The van der Waals surface area contributed by atoms with Gasteiger partial charge in [0.1, 0.15) is 5.75 Å². The zero-order chi connectivity index (χ0) is 13.8. The Bertz CT molecular complexity index is 588. The molecule has 2 aromatic rings. The number of nitrogens with zero attached hydrogens (tertiary/aromatic N) is 2. The van der Waals surface area contributed by atoms with Crippen LogP contribution >= 0.6 is 0 Å². The van der Waals surface area contributed by atoms with Gasteiger partial charge in [-0.2, -0.15) is 5.10 Å². The van der Waals surface area contributed by atoms with Crippen molar-refractivity contribution in [1.82, 2.24) is 9.78 Å². The molecule has 0 saturated carbocycles. The Hall–Kier alpha value is -2.10. The van der Waals surface area contributed by atoms with Gasteiger partial charge >= 0.3 is 0 Å². The fourth-order valence-corrected chi connectivity index (χ4v) is 1.96. The number of carbonyl (C=O) groups is 1. The van der Waals surface area contributed by atoms with E-state index >= 15 is 0 Å². The minimum Gasteiger partial charge on any atom is -0.492 e. The molecule has 0 fully saturated rings. The van der Waals surface area contributed by atoms with Crippen molar-refractivity contribution < 1.29 is 9.53 Å². The van der Waals surface area contributed by atoms with Gasteiger partial charge < -0.3 is 4.74 Å². The van der Waals surface area contributed by atoms with E-state index in [0.717, 1.165) is 17.7 Å². The summed E-state index contributed by atoms with van der Waals surface area (Å²) in [6.45, 7) is 4.05. The first kappa shape index (κ1) is 13.3. The summed E-state index contributed by atoms with van der Waals surface area (Å²) in [6, 6.07) is 7.63. The Morgan fingerprint density at radius 3 is 2.79 bits per heavy atom. The average molecular weight is 258 g/mol. The maximum Gasteiger partial charge on any atom is 0.163 e. The second-order valence-electron chi connectivity index (χ2n) is 4.60. The molecular formula is C15H18N2O2. The van der Waals surface area contributed by atoms with Gasteiger partial charge in [0.2, 0.25) is 0 Å². The van der Waals surface area contributed by atoms with Gasteiger partial charge in [-0.1, -0.05) is 11.6 Å². The van der Waals surface area contributed by atoms with E-state index in [9.17, 15) is 4.79 Å². The van der Waals surface area contributed by atoms with Crippen molar-refractivity contribution in [3.63, 3.8) is 0 Å². The fraction of sp³-hybridized carbons (Fsp3) is 0.333. The van der Waals surface area contributed by atoms with Crippen LogP contribution in [0.1, 0.15) is 28.5 Å². The summed E-state index contributed by atoms with van der Waals surface area (Å²) in [4.78, 5) is 11.6. The van der Waals surface area contributed by atoms with Crippen molar-refractivity contribution in [2.45, 2.75) is 20.3 Å². The molecule has 4 nitrogen and oxygen atoms in total. The van der Waals surface area contributed by atoms with E-state index in [1.165, 1.54) is 0 Å². The summed E-state index contributed by atoms with van der Waals surface area (Å²) in [5.41, 5.74) is 2.81. The summed E-state index contributed by atoms with van der Waals surface area (Å²) in [7, 11) is 1.90. The third-order valence-corrected chi connectivity index (χ3v) is 3.05. The van der Waals surface area contributed by atoms with E-state index in [-0.39, 0.29) is 5.78 Å². The zero-order valence-electron chi connectivity index (χ0n) is 11.5. The molecule has 0 N–H and O–H groups in total. The van der Waals surface area contributed by atoms with E-state index in [1.54, 1.807) is 13.1 Å². The molecule has 0 atom stereocenters. The van der Waals surface area contributed by atoms with E-state index in [2.05, 4.69) is 5.10 Å². The Labute approximate surface area is 113 Å². The summed E-state index contributed by atoms with van der Waals surface area (Å²) in [6.07, 6.45) is 2.53. The van der Waals surface area contributed by atoms with Gasteiger partial charge in [-0.15, -0.1) is 0 Å². The quantitative estimate of drug-likeness (QED) is 0.774. The Kier molecular flexibility index (Phi) is 4.00. The van der Waals surface area contributed by atoms with Gasteiger partial charge in [-0.25, -0.2) is 0 Å². The number of ether oxygens (including phenoxy) is 1. The fourth-order valence-electron chi connectivity index (χ4n) is 1.96. The highest BCUT2D eigenvalue weighted by atomic mass is 16.5. The molecule has 4 heteroatoms. The number of benzene rings is 1. The number of carbonyl (C=O) groups excluding carboxylic acids is 1. The standard InChI is InChI=1S/C15H18N2O2/c1-11-4-5-15(14(10-11)12(2)18)19-9-7-13-6-8-16-17(13)3/h4-6,8,10H,7,9H2,1-3H3. The molecule has 0 unspecified atom stereocenters. The molecule has 0 amide bonds. The van der Waals surface area contributed by atoms with Crippen LogP contribution in [0.4, 0.5) is 0 Å². The molecule has 0 aliphatic heterocycles. The maximum absolute atomic E-state index is 11.6. The third-order valence-electron chi connectivity index (χ3n) is 3.05. The number of aromatic nitrogens is 2. The molecule has 0 aliphatic carbocycles. The minimum atomic E-state index is 0.0271. The molecule has 1 heterocycles. The number of hydrogen-bond donors (Lipinski definition) is 0. The summed E-state index contributed by atoms with van der Waals surface area (Å²) in [5.74, 6) is 0.680. The molecule has 2 rings (SSSR count). The molecule has 19 heavy (non-hydrogen) atoms. The first-order chi connectivity index (χ1) is 9.08. The number of rotatable bonds is 5. The first-order valence-electron chi connectivity index (χ1n) is 6.29. The molecule has 1 aromatic heterocycles. The Balaban J connectivity index is 2.03. The summed E-state index contributed by atoms with van der Waals surface area (Å²) >= 11 is 0. The lowest BCUT2D eigenvalue weighted by molar-refractivity contribution is 0.101. The van der Waals surface area contributed by atoms with Gasteiger partial charge in [0.15, 0.2) is 5.78 Å².